The summed E-state index contributed by atoms with van der Waals surface area (Å²) in [5, 5.41) is 8.40. The Morgan fingerprint density at radius 1 is 0.795 bits per heavy atom. The third-order valence-electron chi connectivity index (χ3n) is 7.12. The van der Waals surface area contributed by atoms with E-state index >= 15 is 4.39 Å². The molecule has 4 aromatic carbocycles. The standard InChI is InChI=1S/C32H25FN6/c1-20-11-10-12-22(19-20)34-30-32-36-31-28(21(2)37-39(31)23-13-4-3-5-14-23)29(24-15-6-7-16-25(24)33)38(32)27-18-9-8-17-26(27)35-30/h3-19,29H,1-2H3,(H,34,35)/t29-/m0/s1. The zero-order valence-corrected chi connectivity index (χ0v) is 21.5. The molecule has 0 saturated heterocycles. The molecule has 0 bridgehead atoms. The molecule has 0 unspecified atom stereocenters. The van der Waals surface area contributed by atoms with Crippen molar-refractivity contribution >= 4 is 34.6 Å². The minimum Gasteiger partial charge on any atom is -0.337 e. The second kappa shape index (κ2) is 9.06. The van der Waals surface area contributed by atoms with Crippen molar-refractivity contribution in [1.29, 1.82) is 0 Å². The van der Waals surface area contributed by atoms with Crippen LogP contribution in [0, 0.1) is 19.7 Å². The second-order valence-corrected chi connectivity index (χ2v) is 9.74. The molecule has 0 spiro atoms. The Kier molecular flexibility index (Phi) is 5.37. The van der Waals surface area contributed by atoms with E-state index in [1.165, 1.54) is 6.07 Å². The van der Waals surface area contributed by atoms with E-state index in [1.807, 2.05) is 90.5 Å². The monoisotopic (exact) mass is 512 g/mol. The summed E-state index contributed by atoms with van der Waals surface area (Å²) in [6.07, 6.45) is 0. The highest BCUT2D eigenvalue weighted by atomic mass is 19.1. The Hall–Kier alpha value is -5.04. The fraction of sp³-hybridized carbons (Fsp3) is 0.0938. The Labute approximate surface area is 225 Å². The lowest BCUT2D eigenvalue weighted by molar-refractivity contribution is 0.597. The molecule has 0 saturated carbocycles. The number of aryl methyl sites for hydroxylation is 2. The van der Waals surface area contributed by atoms with Crippen LogP contribution in [0.4, 0.5) is 27.3 Å². The van der Waals surface area contributed by atoms with E-state index in [0.717, 1.165) is 39.6 Å². The van der Waals surface area contributed by atoms with Gasteiger partial charge in [0.2, 0.25) is 0 Å². The normalized spacial score (nSPS) is 15.6. The fourth-order valence-electron chi connectivity index (χ4n) is 5.40. The van der Waals surface area contributed by atoms with Gasteiger partial charge in [-0.2, -0.15) is 5.10 Å². The molecule has 3 heterocycles. The van der Waals surface area contributed by atoms with Gasteiger partial charge < -0.3 is 10.2 Å². The van der Waals surface area contributed by atoms with Crippen LogP contribution < -0.4 is 10.2 Å². The number of hydrogen-bond donors (Lipinski definition) is 1. The molecule has 6 nitrogen and oxygen atoms in total. The van der Waals surface area contributed by atoms with Crippen molar-refractivity contribution in [1.82, 2.24) is 9.78 Å². The average molecular weight is 513 g/mol. The SMILES string of the molecule is Cc1cccc(NC2=Nc3ccccc3N3C2=Nc2c(c(C)nn2-c2ccccc2)[C@@H]3c2ccccc2F)c1. The van der Waals surface area contributed by atoms with Gasteiger partial charge in [-0.15, -0.1) is 0 Å². The summed E-state index contributed by atoms with van der Waals surface area (Å²) in [6.45, 7) is 4.01. The maximum absolute atomic E-state index is 15.6. The number of para-hydroxylation sites is 3. The molecule has 2 aliphatic rings. The van der Waals surface area contributed by atoms with Gasteiger partial charge in [-0.3, -0.25) is 0 Å². The first-order valence-corrected chi connectivity index (χ1v) is 12.9. The topological polar surface area (TPSA) is 57.8 Å². The summed E-state index contributed by atoms with van der Waals surface area (Å²) >= 11 is 0. The van der Waals surface area contributed by atoms with Crippen molar-refractivity contribution in [3.8, 4) is 5.69 Å². The Bertz CT molecular complexity index is 1790. The smallest absolute Gasteiger partial charge is 0.179 e. The lowest BCUT2D eigenvalue weighted by Gasteiger charge is -2.40. The van der Waals surface area contributed by atoms with E-state index in [0.29, 0.717) is 23.1 Å². The van der Waals surface area contributed by atoms with Crippen LogP contribution in [0.5, 0.6) is 0 Å². The summed E-state index contributed by atoms with van der Waals surface area (Å²) in [7, 11) is 0. The highest BCUT2D eigenvalue weighted by Crippen LogP contribution is 2.48. The zero-order chi connectivity index (χ0) is 26.5. The largest absolute Gasteiger partial charge is 0.337 e. The average Bonchev–Trinajstić information content (AvgIpc) is 3.29. The first-order chi connectivity index (χ1) is 19.1. The minimum absolute atomic E-state index is 0.283. The van der Waals surface area contributed by atoms with E-state index in [1.54, 1.807) is 6.07 Å². The van der Waals surface area contributed by atoms with E-state index in [4.69, 9.17) is 15.1 Å². The molecule has 0 amide bonds. The number of halogens is 1. The van der Waals surface area contributed by atoms with Crippen molar-refractivity contribution in [2.45, 2.75) is 19.9 Å². The van der Waals surface area contributed by atoms with Gasteiger partial charge in [-0.05, 0) is 61.9 Å². The van der Waals surface area contributed by atoms with Crippen LogP contribution in [0.15, 0.2) is 113 Å². The molecule has 1 atom stereocenters. The summed E-state index contributed by atoms with van der Waals surface area (Å²) in [5.41, 5.74) is 6.75. The van der Waals surface area contributed by atoms with Crippen LogP contribution in [0.2, 0.25) is 0 Å². The molecule has 0 aliphatic carbocycles. The highest BCUT2D eigenvalue weighted by molar-refractivity contribution is 6.51. The predicted molar refractivity (Wildman–Crippen MR) is 154 cm³/mol. The van der Waals surface area contributed by atoms with Gasteiger partial charge in [0.1, 0.15) is 5.82 Å². The highest BCUT2D eigenvalue weighted by Gasteiger charge is 2.42. The number of hydrogen-bond acceptors (Lipinski definition) is 5. The molecule has 7 heteroatoms. The van der Waals surface area contributed by atoms with Crippen molar-refractivity contribution in [2.24, 2.45) is 9.98 Å². The van der Waals surface area contributed by atoms with Gasteiger partial charge in [0, 0.05) is 16.8 Å². The summed E-state index contributed by atoms with van der Waals surface area (Å²) in [4.78, 5) is 12.3. The van der Waals surface area contributed by atoms with Crippen LogP contribution in [0.25, 0.3) is 5.69 Å². The summed E-state index contributed by atoms with van der Waals surface area (Å²) < 4.78 is 17.5. The van der Waals surface area contributed by atoms with Gasteiger partial charge in [0.25, 0.3) is 0 Å². The summed E-state index contributed by atoms with van der Waals surface area (Å²) in [5.74, 6) is 1.57. The molecule has 2 aliphatic heterocycles. The Morgan fingerprint density at radius 2 is 1.56 bits per heavy atom. The van der Waals surface area contributed by atoms with Gasteiger partial charge in [-0.25, -0.2) is 19.1 Å². The summed E-state index contributed by atoms with van der Waals surface area (Å²) in [6, 6.07) is 32.4. The van der Waals surface area contributed by atoms with Crippen molar-refractivity contribution in [3.05, 3.63) is 131 Å². The van der Waals surface area contributed by atoms with Crippen LogP contribution in [0.1, 0.15) is 28.4 Å². The quantitative estimate of drug-likeness (QED) is 0.274. The van der Waals surface area contributed by atoms with Crippen molar-refractivity contribution in [3.63, 3.8) is 0 Å². The number of amidine groups is 2. The molecular weight excluding hydrogens is 487 g/mol. The van der Waals surface area contributed by atoms with Gasteiger partial charge in [-0.1, -0.05) is 60.7 Å². The fourth-order valence-corrected chi connectivity index (χ4v) is 5.40. The van der Waals surface area contributed by atoms with Crippen molar-refractivity contribution in [2.75, 3.05) is 10.2 Å². The van der Waals surface area contributed by atoms with Crippen LogP contribution in [-0.2, 0) is 0 Å². The van der Waals surface area contributed by atoms with Crippen LogP contribution in [-0.4, -0.2) is 21.5 Å². The maximum Gasteiger partial charge on any atom is 0.179 e. The molecule has 7 rings (SSSR count). The third kappa shape index (κ3) is 3.82. The van der Waals surface area contributed by atoms with E-state index in [-0.39, 0.29) is 5.82 Å². The van der Waals surface area contributed by atoms with E-state index in [2.05, 4.69) is 29.3 Å². The maximum atomic E-state index is 15.6. The lowest BCUT2D eigenvalue weighted by atomic mass is 9.93. The molecule has 1 aromatic heterocycles. The van der Waals surface area contributed by atoms with Gasteiger partial charge in [0.05, 0.1) is 28.8 Å². The van der Waals surface area contributed by atoms with Crippen LogP contribution >= 0.6 is 0 Å². The number of rotatable bonds is 3. The van der Waals surface area contributed by atoms with Gasteiger partial charge in [0.15, 0.2) is 17.5 Å². The first-order valence-electron chi connectivity index (χ1n) is 12.9. The van der Waals surface area contributed by atoms with E-state index in [9.17, 15) is 0 Å². The second-order valence-electron chi connectivity index (χ2n) is 9.74. The Morgan fingerprint density at radius 3 is 2.38 bits per heavy atom. The third-order valence-corrected chi connectivity index (χ3v) is 7.12. The predicted octanol–water partition coefficient (Wildman–Crippen LogP) is 7.42. The molecule has 0 radical (unpaired) electrons. The number of anilines is 2. The number of benzene rings is 4. The number of fused-ring (bicyclic) bond motifs is 4. The molecular formula is C32H25FN6. The number of aromatic nitrogens is 2. The van der Waals surface area contributed by atoms with Crippen molar-refractivity contribution < 1.29 is 4.39 Å². The minimum atomic E-state index is -0.503. The van der Waals surface area contributed by atoms with Crippen LogP contribution in [0.3, 0.4) is 0 Å². The first kappa shape index (κ1) is 23.1. The van der Waals surface area contributed by atoms with Gasteiger partial charge >= 0.3 is 0 Å². The molecule has 39 heavy (non-hydrogen) atoms. The number of aliphatic imine (C=N–C) groups is 2. The molecule has 5 aromatic rings. The number of nitrogens with one attached hydrogen (secondary N) is 1. The molecule has 0 fully saturated rings. The van der Waals surface area contributed by atoms with E-state index < -0.39 is 6.04 Å². The number of nitrogens with zero attached hydrogens (tertiary/aromatic N) is 5. The zero-order valence-electron chi connectivity index (χ0n) is 21.5. The lowest BCUT2D eigenvalue weighted by Crippen LogP contribution is -2.46. The molecule has 190 valence electrons. The Balaban J connectivity index is 1.52. The molecule has 1 N–H and O–H groups in total.